The lowest BCUT2D eigenvalue weighted by Gasteiger charge is -2.08. The maximum Gasteiger partial charge on any atom is 0.172 e. The Kier molecular flexibility index (Phi) is 5.81. The van der Waals surface area contributed by atoms with Crippen molar-refractivity contribution >= 4 is 62.6 Å². The van der Waals surface area contributed by atoms with Gasteiger partial charge in [-0.05, 0) is 45.8 Å². The van der Waals surface area contributed by atoms with Crippen molar-refractivity contribution in [1.82, 2.24) is 0 Å². The standard InChI is InChI=1S/C14H10BrCl3N2O2/c1-22-12-3-7(2-9(15)14(12)21)6-19-20-13-10(17)4-8(16)5-11(13)18/h2-6,20-21H,1H3/b19-6+. The van der Waals surface area contributed by atoms with Crippen molar-refractivity contribution in [1.29, 1.82) is 0 Å². The average Bonchev–Trinajstić information content (AvgIpc) is 2.45. The van der Waals surface area contributed by atoms with Crippen LogP contribution in [-0.2, 0) is 0 Å². The monoisotopic (exact) mass is 422 g/mol. The van der Waals surface area contributed by atoms with Crippen molar-refractivity contribution in [3.8, 4) is 11.5 Å². The van der Waals surface area contributed by atoms with Crippen LogP contribution in [-0.4, -0.2) is 18.4 Å². The summed E-state index contributed by atoms with van der Waals surface area (Å²) in [6, 6.07) is 6.45. The highest BCUT2D eigenvalue weighted by Crippen LogP contribution is 2.35. The fourth-order valence-electron chi connectivity index (χ4n) is 1.64. The van der Waals surface area contributed by atoms with E-state index in [9.17, 15) is 5.11 Å². The molecule has 0 saturated heterocycles. The van der Waals surface area contributed by atoms with E-state index in [1.807, 2.05) is 0 Å². The van der Waals surface area contributed by atoms with Crippen LogP contribution in [0, 0.1) is 0 Å². The van der Waals surface area contributed by atoms with E-state index < -0.39 is 0 Å². The number of hydrogen-bond donors (Lipinski definition) is 2. The molecule has 0 fully saturated rings. The fraction of sp³-hybridized carbons (Fsp3) is 0.0714. The SMILES string of the molecule is COc1cc(/C=N/Nc2c(Cl)cc(Cl)cc2Cl)cc(Br)c1O. The summed E-state index contributed by atoms with van der Waals surface area (Å²) in [5.41, 5.74) is 3.91. The van der Waals surface area contributed by atoms with Gasteiger partial charge < -0.3 is 9.84 Å². The van der Waals surface area contributed by atoms with Crippen molar-refractivity contribution in [2.45, 2.75) is 0 Å². The molecule has 0 heterocycles. The Hall–Kier alpha value is -1.14. The van der Waals surface area contributed by atoms with Crippen LogP contribution in [0.3, 0.4) is 0 Å². The predicted octanol–water partition coefficient (Wildman–Crippen LogP) is 5.57. The molecule has 0 bridgehead atoms. The Morgan fingerprint density at radius 2 is 1.82 bits per heavy atom. The van der Waals surface area contributed by atoms with Gasteiger partial charge in [-0.1, -0.05) is 34.8 Å². The summed E-state index contributed by atoms with van der Waals surface area (Å²) < 4.78 is 5.56. The van der Waals surface area contributed by atoms with Crippen molar-refractivity contribution in [3.05, 3.63) is 49.4 Å². The topological polar surface area (TPSA) is 53.8 Å². The van der Waals surface area contributed by atoms with Crippen LogP contribution >= 0.6 is 50.7 Å². The average molecular weight is 425 g/mol. The number of phenols is 1. The molecule has 22 heavy (non-hydrogen) atoms. The highest BCUT2D eigenvalue weighted by molar-refractivity contribution is 9.10. The largest absolute Gasteiger partial charge is 0.503 e. The lowest BCUT2D eigenvalue weighted by Crippen LogP contribution is -1.94. The molecular weight excluding hydrogens is 414 g/mol. The van der Waals surface area contributed by atoms with Gasteiger partial charge in [0, 0.05) is 5.02 Å². The van der Waals surface area contributed by atoms with Crippen LogP contribution in [0.4, 0.5) is 5.69 Å². The summed E-state index contributed by atoms with van der Waals surface area (Å²) in [6.45, 7) is 0. The van der Waals surface area contributed by atoms with Crippen LogP contribution in [0.1, 0.15) is 5.56 Å². The maximum atomic E-state index is 9.74. The molecule has 0 aliphatic heterocycles. The number of nitrogens with zero attached hydrogens (tertiary/aromatic N) is 1. The zero-order chi connectivity index (χ0) is 16.3. The minimum Gasteiger partial charge on any atom is -0.503 e. The molecule has 8 heteroatoms. The molecule has 2 N–H and O–H groups in total. The summed E-state index contributed by atoms with van der Waals surface area (Å²) in [5.74, 6) is 0.356. The van der Waals surface area contributed by atoms with Crippen molar-refractivity contribution < 1.29 is 9.84 Å². The van der Waals surface area contributed by atoms with E-state index in [4.69, 9.17) is 39.5 Å². The van der Waals surface area contributed by atoms with E-state index in [2.05, 4.69) is 26.5 Å². The van der Waals surface area contributed by atoms with E-state index in [0.29, 0.717) is 36.5 Å². The molecule has 0 unspecified atom stereocenters. The van der Waals surface area contributed by atoms with Crippen LogP contribution in [0.2, 0.25) is 15.1 Å². The maximum absolute atomic E-state index is 9.74. The number of phenolic OH excluding ortho intramolecular Hbond substituents is 1. The number of methoxy groups -OCH3 is 1. The van der Waals surface area contributed by atoms with Gasteiger partial charge in [0.2, 0.25) is 0 Å². The van der Waals surface area contributed by atoms with E-state index in [1.165, 1.54) is 13.3 Å². The first-order valence-electron chi connectivity index (χ1n) is 5.92. The first-order valence-corrected chi connectivity index (χ1v) is 7.85. The molecule has 0 aliphatic carbocycles. The lowest BCUT2D eigenvalue weighted by atomic mass is 10.2. The Labute approximate surface area is 150 Å². The van der Waals surface area contributed by atoms with Gasteiger partial charge in [0.05, 0.1) is 33.5 Å². The number of halogens is 4. The Bertz CT molecular complexity index is 715. The van der Waals surface area contributed by atoms with Crippen molar-refractivity contribution in [2.24, 2.45) is 5.10 Å². The minimum absolute atomic E-state index is 0.0244. The fourth-order valence-corrected chi connectivity index (χ4v) is 3.01. The smallest absolute Gasteiger partial charge is 0.172 e. The van der Waals surface area contributed by atoms with E-state index in [1.54, 1.807) is 24.3 Å². The van der Waals surface area contributed by atoms with E-state index in [0.717, 1.165) is 0 Å². The lowest BCUT2D eigenvalue weighted by molar-refractivity contribution is 0.372. The van der Waals surface area contributed by atoms with Gasteiger partial charge in [-0.25, -0.2) is 0 Å². The molecule has 0 aromatic heterocycles. The highest BCUT2D eigenvalue weighted by atomic mass is 79.9. The number of hydrogen-bond acceptors (Lipinski definition) is 4. The Balaban J connectivity index is 2.22. The van der Waals surface area contributed by atoms with Gasteiger partial charge in [-0.3, -0.25) is 5.43 Å². The highest BCUT2D eigenvalue weighted by Gasteiger charge is 2.08. The molecule has 2 aromatic rings. The van der Waals surface area contributed by atoms with Crippen molar-refractivity contribution in [3.63, 3.8) is 0 Å². The van der Waals surface area contributed by atoms with Crippen LogP contribution in [0.15, 0.2) is 33.8 Å². The first kappa shape index (κ1) is 17.2. The van der Waals surface area contributed by atoms with Gasteiger partial charge in [0.25, 0.3) is 0 Å². The molecule has 0 atom stereocenters. The minimum atomic E-state index is 0.0244. The number of anilines is 1. The molecule has 0 amide bonds. The van der Waals surface area contributed by atoms with Crippen LogP contribution in [0.5, 0.6) is 11.5 Å². The molecule has 0 aliphatic rings. The number of rotatable bonds is 4. The van der Waals surface area contributed by atoms with Gasteiger partial charge in [0.15, 0.2) is 11.5 Å². The molecule has 2 aromatic carbocycles. The molecule has 2 rings (SSSR count). The summed E-state index contributed by atoms with van der Waals surface area (Å²) in [6.07, 6.45) is 1.54. The van der Waals surface area contributed by atoms with Gasteiger partial charge >= 0.3 is 0 Å². The number of hydrazone groups is 1. The third-order valence-corrected chi connectivity index (χ3v) is 4.09. The number of aromatic hydroxyl groups is 1. The zero-order valence-corrected chi connectivity index (χ0v) is 15.1. The normalized spacial score (nSPS) is 11.0. The van der Waals surface area contributed by atoms with Crippen molar-refractivity contribution in [2.75, 3.05) is 12.5 Å². The molecular formula is C14H10BrCl3N2O2. The van der Waals surface area contributed by atoms with E-state index >= 15 is 0 Å². The molecule has 0 saturated carbocycles. The molecule has 0 radical (unpaired) electrons. The molecule has 116 valence electrons. The predicted molar refractivity (Wildman–Crippen MR) is 95.0 cm³/mol. The second-order valence-electron chi connectivity index (χ2n) is 4.17. The number of nitrogens with one attached hydrogen (secondary N) is 1. The van der Waals surface area contributed by atoms with Gasteiger partial charge in [-0.2, -0.15) is 5.10 Å². The van der Waals surface area contributed by atoms with Crippen LogP contribution in [0.25, 0.3) is 0 Å². The summed E-state index contributed by atoms with van der Waals surface area (Å²) in [5, 5.41) is 15.0. The Morgan fingerprint density at radius 1 is 1.18 bits per heavy atom. The second kappa shape index (κ2) is 7.42. The second-order valence-corrected chi connectivity index (χ2v) is 6.27. The van der Waals surface area contributed by atoms with Gasteiger partial charge in [0.1, 0.15) is 0 Å². The molecule has 0 spiro atoms. The first-order chi connectivity index (χ1) is 10.4. The third kappa shape index (κ3) is 3.98. The summed E-state index contributed by atoms with van der Waals surface area (Å²) in [4.78, 5) is 0. The van der Waals surface area contributed by atoms with Crippen LogP contribution < -0.4 is 10.2 Å². The Morgan fingerprint density at radius 3 is 2.41 bits per heavy atom. The molecule has 4 nitrogen and oxygen atoms in total. The third-order valence-electron chi connectivity index (χ3n) is 2.67. The van der Waals surface area contributed by atoms with Gasteiger partial charge in [-0.15, -0.1) is 0 Å². The summed E-state index contributed by atoms with van der Waals surface area (Å²) in [7, 11) is 1.47. The summed E-state index contributed by atoms with van der Waals surface area (Å²) >= 11 is 21.2. The quantitative estimate of drug-likeness (QED) is 0.498. The number of ether oxygens (including phenoxy) is 1. The number of benzene rings is 2. The van der Waals surface area contributed by atoms with E-state index in [-0.39, 0.29) is 5.75 Å². The zero-order valence-electron chi connectivity index (χ0n) is 11.2.